The number of rotatable bonds is 16. The lowest BCUT2D eigenvalue weighted by atomic mass is 10.1. The fourth-order valence-electron chi connectivity index (χ4n) is 7.29. The minimum absolute atomic E-state index is 0.0547. The zero-order chi connectivity index (χ0) is 48.5. The molecule has 362 valence electrons. The third-order valence-corrected chi connectivity index (χ3v) is 13.8. The molecule has 66 heavy (non-hydrogen) atoms. The van der Waals surface area contributed by atoms with E-state index in [1.807, 2.05) is 0 Å². The first-order valence-electron chi connectivity index (χ1n) is 19.5. The van der Waals surface area contributed by atoms with E-state index >= 15 is 0 Å². The Balaban J connectivity index is 0.000000274. The van der Waals surface area contributed by atoms with E-state index in [0.29, 0.717) is 11.1 Å². The third-order valence-electron chi connectivity index (χ3n) is 10.7. The molecular formula is C35H46N7O21P3. The van der Waals surface area contributed by atoms with E-state index in [1.54, 1.807) is 29.1 Å². The van der Waals surface area contributed by atoms with Crippen LogP contribution < -0.4 is 24.7 Å². The van der Waals surface area contributed by atoms with E-state index in [0.717, 1.165) is 6.33 Å². The Bertz CT molecular complexity index is 2530. The summed E-state index contributed by atoms with van der Waals surface area (Å²) in [5, 5.41) is 61.8. The van der Waals surface area contributed by atoms with Gasteiger partial charge in [-0.2, -0.15) is 13.4 Å². The number of hydrogen-bond acceptors (Lipinski definition) is 23. The average molecular weight is 994 g/mol. The van der Waals surface area contributed by atoms with E-state index in [-0.39, 0.29) is 35.0 Å². The third kappa shape index (κ3) is 12.2. The lowest BCUT2D eigenvalue weighted by molar-refractivity contribution is -0.765. The number of hydrogen-bond donors (Lipinski definition) is 9. The number of carbonyl (C=O) groups excluding carboxylic acids is 2. The first-order valence-corrected chi connectivity index (χ1v) is 24.0. The van der Waals surface area contributed by atoms with E-state index in [2.05, 4.69) is 23.8 Å². The molecule has 1 saturated carbocycles. The Hall–Kier alpha value is -3.96. The van der Waals surface area contributed by atoms with E-state index in [4.69, 9.17) is 24.3 Å². The van der Waals surface area contributed by atoms with Gasteiger partial charge in [0.05, 0.1) is 51.2 Å². The molecule has 3 fully saturated rings. The summed E-state index contributed by atoms with van der Waals surface area (Å²) in [5.74, 6) is -1.04. The molecule has 14 atom stereocenters. The van der Waals surface area contributed by atoms with Crippen LogP contribution in [-0.2, 0) is 41.1 Å². The largest absolute Gasteiger partial charge is 0.790 e. The number of fused-ring (bicyclic) bond motifs is 1. The molecule has 4 aromatic heterocycles. The van der Waals surface area contributed by atoms with Gasteiger partial charge in [-0.1, -0.05) is 0 Å². The minimum Gasteiger partial charge on any atom is -0.790 e. The second-order valence-corrected chi connectivity index (χ2v) is 19.5. The SMILES string of the molecule is CC(=O)c1ccc[n+](C2C[C@H](COP(=O)([O-])[O-])[C@@H](O)[C@H]2O)c1.CC(=O)c1ccc[n+]([C@@H]2O[C@H](COP(=O)(O)OP(=O)(O)OC[C@H]3O[C@@H](n4cnc5c(N)ncnc54)[C@H](O)[C@@H]3O)[C@@H](O)[C@H]2O)c1. The van der Waals surface area contributed by atoms with Gasteiger partial charge < -0.3 is 74.5 Å². The number of aromatic nitrogens is 6. The van der Waals surface area contributed by atoms with E-state index in [1.165, 1.54) is 53.8 Å². The quantitative estimate of drug-likeness (QED) is 0.0297. The minimum atomic E-state index is -5.36. The van der Waals surface area contributed by atoms with Crippen molar-refractivity contribution < 1.29 is 110 Å². The number of pyridine rings is 2. The van der Waals surface area contributed by atoms with Crippen LogP contribution in [-0.4, -0.2) is 140 Å². The Morgan fingerprint density at radius 3 is 1.92 bits per heavy atom. The topological polar surface area (TPSA) is 426 Å². The number of nitrogens with two attached hydrogens (primary N) is 1. The van der Waals surface area contributed by atoms with Crippen LogP contribution in [0.5, 0.6) is 0 Å². The average Bonchev–Trinajstić information content (AvgIpc) is 3.98. The van der Waals surface area contributed by atoms with Crippen LogP contribution in [0.2, 0.25) is 0 Å². The normalized spacial score (nSPS) is 30.7. The highest BCUT2D eigenvalue weighted by molar-refractivity contribution is 7.61. The number of phosphoric ester groups is 3. The fraction of sp³-hybridized carbons (Fsp3) is 0.514. The number of aliphatic hydroxyl groups is 6. The maximum Gasteiger partial charge on any atom is 0.481 e. The van der Waals surface area contributed by atoms with Crippen molar-refractivity contribution in [2.24, 2.45) is 5.92 Å². The number of ketones is 2. The molecule has 6 heterocycles. The molecule has 0 bridgehead atoms. The Morgan fingerprint density at radius 1 is 0.773 bits per heavy atom. The molecule has 31 heteroatoms. The van der Waals surface area contributed by atoms with Gasteiger partial charge in [-0.25, -0.2) is 24.1 Å². The van der Waals surface area contributed by atoms with Crippen LogP contribution in [0.4, 0.5) is 5.82 Å². The van der Waals surface area contributed by atoms with Crippen molar-refractivity contribution >= 4 is 52.0 Å². The fourth-order valence-corrected chi connectivity index (χ4v) is 9.76. The Morgan fingerprint density at radius 2 is 1.33 bits per heavy atom. The highest BCUT2D eigenvalue weighted by Crippen LogP contribution is 2.61. The van der Waals surface area contributed by atoms with Crippen molar-refractivity contribution in [1.29, 1.82) is 0 Å². The van der Waals surface area contributed by atoms with Gasteiger partial charge in [0, 0.05) is 24.5 Å². The Kier molecular flexibility index (Phi) is 16.2. The number of ether oxygens (including phenoxy) is 2. The molecule has 0 aromatic carbocycles. The lowest BCUT2D eigenvalue weighted by Gasteiger charge is -2.30. The Labute approximate surface area is 372 Å². The lowest BCUT2D eigenvalue weighted by Crippen LogP contribution is -2.46. The summed E-state index contributed by atoms with van der Waals surface area (Å²) in [5.41, 5.74) is 6.86. The van der Waals surface area contributed by atoms with Crippen LogP contribution in [0.1, 0.15) is 59.5 Å². The molecule has 2 saturated heterocycles. The summed E-state index contributed by atoms with van der Waals surface area (Å²) in [6.45, 7) is 0.502. The first-order chi connectivity index (χ1) is 30.9. The summed E-state index contributed by atoms with van der Waals surface area (Å²) in [7, 11) is -15.8. The van der Waals surface area contributed by atoms with E-state index < -0.39 is 117 Å². The number of aliphatic hydroxyl groups excluding tert-OH is 6. The molecule has 0 spiro atoms. The molecular weight excluding hydrogens is 947 g/mol. The zero-order valence-corrected chi connectivity index (χ0v) is 37.2. The molecule has 28 nitrogen and oxygen atoms in total. The summed E-state index contributed by atoms with van der Waals surface area (Å²) in [4.78, 5) is 76.0. The summed E-state index contributed by atoms with van der Waals surface area (Å²) >= 11 is 0. The molecule has 7 rings (SSSR count). The van der Waals surface area contributed by atoms with Gasteiger partial charge in [0.2, 0.25) is 0 Å². The standard InChI is InChI=1S/C22H28N6O14P2.C13H18NO7P/c1-10(29)11-3-2-4-27(5-11)21-17(32)15(30)12(40-21)6-38-43(34,35)42-44(36,37)39-7-13-16(31)18(33)22(41-13)28-9-26-14-19(23)24-8-25-20(14)28;1-8(15)9-3-2-4-14(6-9)11-5-10(12(16)13(11)17)7-21-22(18,19)20/h2-5,8-9,12-13,15-18,21-22,30-33H,6-7H2,1H3,(H3-,23,24,25,34,35,36,37);2-4,6,10-13,16-17H,5,7H2,1H3,(H-,18,19,20)/t12-,13-,15-,16-,17-,18-,21-,22-;10-,11?,12-,13+/m11/s1. The number of anilines is 1. The van der Waals surface area contributed by atoms with Gasteiger partial charge in [0.1, 0.15) is 48.5 Å². The predicted molar refractivity (Wildman–Crippen MR) is 210 cm³/mol. The van der Waals surface area contributed by atoms with Crippen molar-refractivity contribution in [2.45, 2.75) is 87.6 Å². The van der Waals surface area contributed by atoms with Crippen molar-refractivity contribution in [3.05, 3.63) is 72.8 Å². The molecule has 0 radical (unpaired) electrons. The number of carbonyl (C=O) groups is 2. The van der Waals surface area contributed by atoms with Gasteiger partial charge >= 0.3 is 15.6 Å². The maximum atomic E-state index is 12.4. The van der Waals surface area contributed by atoms with Crippen LogP contribution >= 0.6 is 23.5 Å². The molecule has 3 aliphatic rings. The van der Waals surface area contributed by atoms with Crippen LogP contribution in [0.3, 0.4) is 0 Å². The smallest absolute Gasteiger partial charge is 0.481 e. The molecule has 1 aliphatic carbocycles. The molecule has 2 aliphatic heterocycles. The summed E-state index contributed by atoms with van der Waals surface area (Å²) < 4.78 is 68.5. The predicted octanol–water partition coefficient (Wildman–Crippen LogP) is -3.61. The molecule has 10 N–H and O–H groups in total. The monoisotopic (exact) mass is 993 g/mol. The van der Waals surface area contributed by atoms with Crippen molar-refractivity contribution in [3.63, 3.8) is 0 Å². The number of nitrogen functional groups attached to an aromatic ring is 1. The maximum absolute atomic E-state index is 12.4. The number of nitrogens with zero attached hydrogens (tertiary/aromatic N) is 6. The van der Waals surface area contributed by atoms with Gasteiger partial charge in [0.15, 0.2) is 66.2 Å². The first kappa shape index (κ1) is 51.4. The van der Waals surface area contributed by atoms with Gasteiger partial charge in [0.25, 0.3) is 6.23 Å². The second-order valence-electron chi connectivity index (χ2n) is 15.3. The van der Waals surface area contributed by atoms with Gasteiger partial charge in [-0.3, -0.25) is 23.2 Å². The van der Waals surface area contributed by atoms with Crippen LogP contribution in [0.15, 0.2) is 61.7 Å². The van der Waals surface area contributed by atoms with Gasteiger partial charge in [-0.05, 0) is 26.0 Å². The van der Waals surface area contributed by atoms with E-state index in [9.17, 15) is 73.5 Å². The van der Waals surface area contributed by atoms with Crippen LogP contribution in [0, 0.1) is 5.92 Å². The highest BCUT2D eigenvalue weighted by Gasteiger charge is 2.51. The zero-order valence-electron chi connectivity index (χ0n) is 34.5. The number of Topliss-reactive ketones (excluding diaryl/α,β-unsaturated/α-hetero) is 2. The molecule has 3 unspecified atom stereocenters. The van der Waals surface area contributed by atoms with Crippen molar-refractivity contribution in [1.82, 2.24) is 19.5 Å². The van der Waals surface area contributed by atoms with Gasteiger partial charge in [-0.15, -0.1) is 0 Å². The van der Waals surface area contributed by atoms with Crippen molar-refractivity contribution in [3.8, 4) is 0 Å². The molecule has 0 amide bonds. The van der Waals surface area contributed by atoms with Crippen LogP contribution in [0.25, 0.3) is 11.2 Å². The number of phosphoric acid groups is 3. The van der Waals surface area contributed by atoms with Crippen molar-refractivity contribution in [2.75, 3.05) is 25.6 Å². The molecule has 4 aromatic rings. The second kappa shape index (κ2) is 20.7. The summed E-state index contributed by atoms with van der Waals surface area (Å²) in [6.07, 6.45) is -5.43. The highest BCUT2D eigenvalue weighted by atomic mass is 31.3. The number of imidazole rings is 1. The summed E-state index contributed by atoms with van der Waals surface area (Å²) in [6, 6.07) is 5.77.